The SMILES string of the molecule is O=C(O)CCOc1ccc(/C=C2/SC(=S)N(c3ccccc3Cl)C2=O)cc1. The van der Waals surface area contributed by atoms with E-state index in [1.165, 1.54) is 16.7 Å². The highest BCUT2D eigenvalue weighted by Gasteiger charge is 2.34. The summed E-state index contributed by atoms with van der Waals surface area (Å²) in [4.78, 5) is 25.2. The molecule has 1 heterocycles. The highest BCUT2D eigenvalue weighted by Crippen LogP contribution is 2.38. The number of amides is 1. The molecule has 1 amide bonds. The first kappa shape index (κ1) is 19.4. The largest absolute Gasteiger partial charge is 0.493 e. The van der Waals surface area contributed by atoms with Gasteiger partial charge in [-0.1, -0.05) is 59.8 Å². The number of hydrogen-bond donors (Lipinski definition) is 1. The number of benzene rings is 2. The topological polar surface area (TPSA) is 66.8 Å². The van der Waals surface area contributed by atoms with Crippen molar-refractivity contribution in [3.05, 3.63) is 64.0 Å². The average molecular weight is 420 g/mol. The molecule has 0 saturated carbocycles. The van der Waals surface area contributed by atoms with Gasteiger partial charge in [0.05, 0.1) is 28.6 Å². The summed E-state index contributed by atoms with van der Waals surface area (Å²) in [6, 6.07) is 14.1. The molecule has 1 aliphatic rings. The summed E-state index contributed by atoms with van der Waals surface area (Å²) in [5.41, 5.74) is 1.37. The minimum absolute atomic E-state index is 0.0632. The van der Waals surface area contributed by atoms with Crippen molar-refractivity contribution in [3.8, 4) is 5.75 Å². The predicted molar refractivity (Wildman–Crippen MR) is 111 cm³/mol. The summed E-state index contributed by atoms with van der Waals surface area (Å²) in [5, 5.41) is 9.07. The minimum atomic E-state index is -0.910. The Morgan fingerprint density at radius 3 is 2.59 bits per heavy atom. The number of rotatable bonds is 6. The zero-order chi connectivity index (χ0) is 19.4. The maximum Gasteiger partial charge on any atom is 0.306 e. The van der Waals surface area contributed by atoms with E-state index in [1.54, 1.807) is 54.6 Å². The number of anilines is 1. The second kappa shape index (κ2) is 8.56. The Morgan fingerprint density at radius 2 is 1.93 bits per heavy atom. The predicted octanol–water partition coefficient (Wildman–Crippen LogP) is 4.60. The Bertz CT molecular complexity index is 928. The van der Waals surface area contributed by atoms with E-state index >= 15 is 0 Å². The van der Waals surface area contributed by atoms with Crippen molar-refractivity contribution in [2.24, 2.45) is 0 Å². The van der Waals surface area contributed by atoms with Gasteiger partial charge in [0, 0.05) is 0 Å². The van der Waals surface area contributed by atoms with E-state index in [0.29, 0.717) is 25.7 Å². The number of carboxylic acids is 1. The maximum atomic E-state index is 12.8. The van der Waals surface area contributed by atoms with Crippen molar-refractivity contribution in [1.82, 2.24) is 0 Å². The summed E-state index contributed by atoms with van der Waals surface area (Å²) in [5.74, 6) is -0.566. The van der Waals surface area contributed by atoms with E-state index in [-0.39, 0.29) is 18.9 Å². The van der Waals surface area contributed by atoms with E-state index in [2.05, 4.69) is 0 Å². The number of carboxylic acid groups (broad SMARTS) is 1. The molecule has 3 rings (SSSR count). The Labute approximate surface area is 170 Å². The highest BCUT2D eigenvalue weighted by atomic mass is 35.5. The fourth-order valence-corrected chi connectivity index (χ4v) is 3.88. The molecule has 2 aromatic rings. The van der Waals surface area contributed by atoms with Gasteiger partial charge in [0.2, 0.25) is 0 Å². The number of halogens is 1. The maximum absolute atomic E-state index is 12.8. The monoisotopic (exact) mass is 419 g/mol. The second-order valence-corrected chi connectivity index (χ2v) is 7.61. The van der Waals surface area contributed by atoms with Gasteiger partial charge in [0.1, 0.15) is 5.75 Å². The summed E-state index contributed by atoms with van der Waals surface area (Å²) in [6.45, 7) is 0.102. The number of ether oxygens (including phenoxy) is 1. The Kier molecular flexibility index (Phi) is 6.15. The van der Waals surface area contributed by atoms with Crippen LogP contribution in [0.5, 0.6) is 5.75 Å². The lowest BCUT2D eigenvalue weighted by Crippen LogP contribution is -2.27. The Hall–Kier alpha value is -2.35. The van der Waals surface area contributed by atoms with Crippen molar-refractivity contribution in [3.63, 3.8) is 0 Å². The van der Waals surface area contributed by atoms with Crippen LogP contribution in [-0.4, -0.2) is 27.9 Å². The molecule has 0 radical (unpaired) electrons. The molecular weight excluding hydrogens is 406 g/mol. The molecule has 0 aliphatic carbocycles. The standard InChI is InChI=1S/C19H14ClNO4S2/c20-14-3-1-2-4-15(14)21-18(24)16(27-19(21)26)11-12-5-7-13(8-6-12)25-10-9-17(22)23/h1-8,11H,9-10H2,(H,22,23)/b16-11+. The molecule has 0 unspecified atom stereocenters. The van der Waals surface area contributed by atoms with Gasteiger partial charge in [-0.2, -0.15) is 0 Å². The molecule has 8 heteroatoms. The van der Waals surface area contributed by atoms with Crippen molar-refractivity contribution in [2.45, 2.75) is 6.42 Å². The van der Waals surface area contributed by atoms with Crippen LogP contribution in [0.15, 0.2) is 53.4 Å². The third kappa shape index (κ3) is 4.68. The summed E-state index contributed by atoms with van der Waals surface area (Å²) in [6.07, 6.45) is 1.68. The first-order chi connectivity index (χ1) is 13.0. The lowest BCUT2D eigenvalue weighted by Gasteiger charge is -2.15. The molecule has 5 nitrogen and oxygen atoms in total. The number of thioether (sulfide) groups is 1. The first-order valence-corrected chi connectivity index (χ1v) is 9.53. The molecule has 1 saturated heterocycles. The summed E-state index contributed by atoms with van der Waals surface area (Å²) >= 11 is 12.7. The first-order valence-electron chi connectivity index (χ1n) is 7.93. The lowest BCUT2D eigenvalue weighted by atomic mass is 10.2. The van der Waals surface area contributed by atoms with Crippen LogP contribution < -0.4 is 9.64 Å². The van der Waals surface area contributed by atoms with E-state index in [4.69, 9.17) is 33.7 Å². The Balaban J connectivity index is 1.74. The molecule has 27 heavy (non-hydrogen) atoms. The van der Waals surface area contributed by atoms with Gasteiger partial charge >= 0.3 is 5.97 Å². The van der Waals surface area contributed by atoms with E-state index in [9.17, 15) is 9.59 Å². The fourth-order valence-electron chi connectivity index (χ4n) is 2.38. The molecule has 1 fully saturated rings. The molecular formula is C19H14ClNO4S2. The quantitative estimate of drug-likeness (QED) is 0.545. The van der Waals surface area contributed by atoms with Crippen LogP contribution in [0.1, 0.15) is 12.0 Å². The summed E-state index contributed by atoms with van der Waals surface area (Å²) in [7, 11) is 0. The van der Waals surface area contributed by atoms with Gasteiger partial charge in [-0.3, -0.25) is 14.5 Å². The molecule has 1 N–H and O–H groups in total. The molecule has 0 spiro atoms. The van der Waals surface area contributed by atoms with Gasteiger partial charge in [-0.25, -0.2) is 0 Å². The van der Waals surface area contributed by atoms with Crippen molar-refractivity contribution < 1.29 is 19.4 Å². The van der Waals surface area contributed by atoms with Crippen LogP contribution in [0.3, 0.4) is 0 Å². The zero-order valence-electron chi connectivity index (χ0n) is 13.9. The van der Waals surface area contributed by atoms with Gasteiger partial charge in [-0.05, 0) is 35.9 Å². The van der Waals surface area contributed by atoms with Crippen molar-refractivity contribution >= 4 is 63.5 Å². The number of aliphatic carboxylic acids is 1. The third-order valence-corrected chi connectivity index (χ3v) is 5.27. The van der Waals surface area contributed by atoms with E-state index in [1.807, 2.05) is 0 Å². The van der Waals surface area contributed by atoms with E-state index in [0.717, 1.165) is 5.56 Å². The van der Waals surface area contributed by atoms with Crippen LogP contribution in [-0.2, 0) is 9.59 Å². The molecule has 0 aromatic heterocycles. The van der Waals surface area contributed by atoms with Crippen molar-refractivity contribution in [2.75, 3.05) is 11.5 Å². The summed E-state index contributed by atoms with van der Waals surface area (Å²) < 4.78 is 5.77. The molecule has 1 aliphatic heterocycles. The number of hydrogen-bond acceptors (Lipinski definition) is 5. The smallest absolute Gasteiger partial charge is 0.306 e. The average Bonchev–Trinajstić information content (AvgIpc) is 2.90. The van der Waals surface area contributed by atoms with Crippen LogP contribution in [0, 0.1) is 0 Å². The minimum Gasteiger partial charge on any atom is -0.493 e. The van der Waals surface area contributed by atoms with Gasteiger partial charge in [-0.15, -0.1) is 0 Å². The van der Waals surface area contributed by atoms with Gasteiger partial charge < -0.3 is 9.84 Å². The van der Waals surface area contributed by atoms with Crippen LogP contribution in [0.25, 0.3) is 6.08 Å². The molecule has 2 aromatic carbocycles. The lowest BCUT2D eigenvalue weighted by molar-refractivity contribution is -0.137. The molecule has 138 valence electrons. The highest BCUT2D eigenvalue weighted by molar-refractivity contribution is 8.27. The molecule has 0 bridgehead atoms. The number of carbonyl (C=O) groups is 2. The normalized spacial score (nSPS) is 15.4. The van der Waals surface area contributed by atoms with Crippen molar-refractivity contribution in [1.29, 1.82) is 0 Å². The van der Waals surface area contributed by atoms with E-state index < -0.39 is 5.97 Å². The van der Waals surface area contributed by atoms with Crippen LogP contribution in [0.2, 0.25) is 5.02 Å². The van der Waals surface area contributed by atoms with Crippen LogP contribution in [0.4, 0.5) is 5.69 Å². The van der Waals surface area contributed by atoms with Gasteiger partial charge in [0.25, 0.3) is 5.91 Å². The number of nitrogens with zero attached hydrogens (tertiary/aromatic N) is 1. The fraction of sp³-hybridized carbons (Fsp3) is 0.105. The molecule has 0 atom stereocenters. The third-order valence-electron chi connectivity index (χ3n) is 3.65. The van der Waals surface area contributed by atoms with Gasteiger partial charge in [0.15, 0.2) is 4.32 Å². The number of para-hydroxylation sites is 1. The Morgan fingerprint density at radius 1 is 1.22 bits per heavy atom. The second-order valence-electron chi connectivity index (χ2n) is 5.53. The number of carbonyl (C=O) groups excluding carboxylic acids is 1. The van der Waals surface area contributed by atoms with Crippen LogP contribution >= 0.6 is 35.6 Å². The number of thiocarbonyl (C=S) groups is 1. The zero-order valence-corrected chi connectivity index (χ0v) is 16.3.